The molecule has 0 aliphatic heterocycles. The van der Waals surface area contributed by atoms with E-state index in [0.717, 1.165) is 19.3 Å². The van der Waals surface area contributed by atoms with Crippen molar-refractivity contribution in [2.45, 2.75) is 52.0 Å². The Morgan fingerprint density at radius 3 is 2.38 bits per heavy atom. The summed E-state index contributed by atoms with van der Waals surface area (Å²) in [6.07, 6.45) is 3.63. The Hall–Kier alpha value is -1.30. The van der Waals surface area contributed by atoms with Crippen LogP contribution >= 0.6 is 0 Å². The second kappa shape index (κ2) is 8.22. The van der Waals surface area contributed by atoms with Crippen molar-refractivity contribution in [1.29, 1.82) is 0 Å². The minimum Gasteiger partial charge on any atom is -0.481 e. The molecule has 0 unspecified atom stereocenters. The number of carbonyl (C=O) groups excluding carboxylic acids is 1. The number of amides is 2. The van der Waals surface area contributed by atoms with Crippen LogP contribution in [0.15, 0.2) is 0 Å². The summed E-state index contributed by atoms with van der Waals surface area (Å²) < 4.78 is 5.06. The van der Waals surface area contributed by atoms with Gasteiger partial charge >= 0.3 is 12.0 Å². The third-order valence-corrected chi connectivity index (χ3v) is 4.12. The molecule has 0 aromatic rings. The van der Waals surface area contributed by atoms with Crippen LogP contribution < -0.4 is 10.6 Å². The van der Waals surface area contributed by atoms with E-state index >= 15 is 0 Å². The van der Waals surface area contributed by atoms with E-state index < -0.39 is 5.97 Å². The van der Waals surface area contributed by atoms with Gasteiger partial charge < -0.3 is 20.5 Å². The quantitative estimate of drug-likeness (QED) is 0.671. The Morgan fingerprint density at radius 2 is 1.86 bits per heavy atom. The molecule has 6 nitrogen and oxygen atoms in total. The zero-order valence-electron chi connectivity index (χ0n) is 13.3. The van der Waals surface area contributed by atoms with Crippen LogP contribution in [0.5, 0.6) is 0 Å². The molecule has 3 N–H and O–H groups in total. The average molecular weight is 300 g/mol. The van der Waals surface area contributed by atoms with E-state index in [1.165, 1.54) is 0 Å². The fraction of sp³-hybridized carbons (Fsp3) is 0.867. The normalized spacial score (nSPS) is 22.6. The van der Waals surface area contributed by atoms with Crippen LogP contribution in [0.1, 0.15) is 46.0 Å². The lowest BCUT2D eigenvalue weighted by Gasteiger charge is -2.28. The fourth-order valence-electron chi connectivity index (χ4n) is 2.51. The molecule has 0 aromatic heterocycles. The van der Waals surface area contributed by atoms with E-state index in [0.29, 0.717) is 26.0 Å². The fourth-order valence-corrected chi connectivity index (χ4v) is 2.51. The van der Waals surface area contributed by atoms with E-state index in [-0.39, 0.29) is 23.4 Å². The molecule has 1 saturated carbocycles. The highest BCUT2D eigenvalue weighted by Gasteiger charge is 2.27. The maximum atomic E-state index is 11.9. The first-order valence-corrected chi connectivity index (χ1v) is 7.60. The molecule has 0 spiro atoms. The maximum absolute atomic E-state index is 11.9. The lowest BCUT2D eigenvalue weighted by molar-refractivity contribution is -0.142. The van der Waals surface area contributed by atoms with Crippen molar-refractivity contribution in [3.8, 4) is 0 Å². The summed E-state index contributed by atoms with van der Waals surface area (Å²) >= 11 is 0. The Labute approximate surface area is 126 Å². The van der Waals surface area contributed by atoms with E-state index in [4.69, 9.17) is 9.84 Å². The van der Waals surface area contributed by atoms with E-state index in [1.54, 1.807) is 7.11 Å². The maximum Gasteiger partial charge on any atom is 0.315 e. The van der Waals surface area contributed by atoms with Gasteiger partial charge in [0.05, 0.1) is 5.92 Å². The summed E-state index contributed by atoms with van der Waals surface area (Å²) in [4.78, 5) is 22.7. The molecule has 1 aliphatic rings. The summed E-state index contributed by atoms with van der Waals surface area (Å²) in [6, 6.07) is -0.0815. The van der Waals surface area contributed by atoms with Gasteiger partial charge in [-0.05, 0) is 37.5 Å². The number of nitrogens with one attached hydrogen (secondary N) is 2. The molecule has 6 heteroatoms. The molecule has 0 saturated heterocycles. The molecular weight excluding hydrogens is 272 g/mol. The van der Waals surface area contributed by atoms with Gasteiger partial charge in [0.25, 0.3) is 0 Å². The average Bonchev–Trinajstić information content (AvgIpc) is 2.44. The molecule has 0 radical (unpaired) electrons. The van der Waals surface area contributed by atoms with Crippen molar-refractivity contribution < 1.29 is 19.4 Å². The number of carboxylic acid groups (broad SMARTS) is 1. The number of methoxy groups -OCH3 is 1. The molecular formula is C15H28N2O4. The first-order valence-electron chi connectivity index (χ1n) is 7.60. The first-order chi connectivity index (χ1) is 9.84. The second-order valence-electron chi connectivity index (χ2n) is 6.62. The van der Waals surface area contributed by atoms with Crippen molar-refractivity contribution in [2.75, 3.05) is 20.3 Å². The lowest BCUT2D eigenvalue weighted by atomic mass is 9.86. The number of carbonyl (C=O) groups is 2. The largest absolute Gasteiger partial charge is 0.481 e. The minimum absolute atomic E-state index is 0.00564. The Morgan fingerprint density at radius 1 is 1.24 bits per heavy atom. The number of hydrogen-bond acceptors (Lipinski definition) is 3. The molecule has 1 fully saturated rings. The molecule has 1 aliphatic carbocycles. The van der Waals surface area contributed by atoms with Gasteiger partial charge in [-0.25, -0.2) is 4.79 Å². The molecule has 122 valence electrons. The zero-order valence-corrected chi connectivity index (χ0v) is 13.3. The van der Waals surface area contributed by atoms with Gasteiger partial charge in [0.2, 0.25) is 0 Å². The SMILES string of the molecule is COCCC(C)(C)CNC(=O)NC1CCC(C(=O)O)CC1. The summed E-state index contributed by atoms with van der Waals surface area (Å²) in [7, 11) is 1.67. The number of hydrogen-bond donors (Lipinski definition) is 3. The van der Waals surface area contributed by atoms with Gasteiger partial charge in [0.15, 0.2) is 0 Å². The summed E-state index contributed by atoms with van der Waals surface area (Å²) in [5.41, 5.74) is -0.00564. The molecule has 1 rings (SSSR count). The van der Waals surface area contributed by atoms with E-state index in [2.05, 4.69) is 24.5 Å². The van der Waals surface area contributed by atoms with Gasteiger partial charge in [0, 0.05) is 26.3 Å². The number of rotatable bonds is 7. The van der Waals surface area contributed by atoms with Crippen molar-refractivity contribution in [3.05, 3.63) is 0 Å². The molecule has 0 heterocycles. The van der Waals surface area contributed by atoms with Crippen LogP contribution in [0.2, 0.25) is 0 Å². The number of urea groups is 1. The third kappa shape index (κ3) is 6.80. The van der Waals surface area contributed by atoms with Gasteiger partial charge in [-0.2, -0.15) is 0 Å². The number of aliphatic carboxylic acids is 1. The monoisotopic (exact) mass is 300 g/mol. The predicted octanol–water partition coefficient (Wildman–Crippen LogP) is 1.99. The van der Waals surface area contributed by atoms with Gasteiger partial charge in [-0.15, -0.1) is 0 Å². The van der Waals surface area contributed by atoms with Crippen LogP contribution in [0.4, 0.5) is 4.79 Å². The number of ether oxygens (including phenoxy) is 1. The molecule has 21 heavy (non-hydrogen) atoms. The zero-order chi connectivity index (χ0) is 15.9. The topological polar surface area (TPSA) is 87.7 Å². The third-order valence-electron chi connectivity index (χ3n) is 4.12. The van der Waals surface area contributed by atoms with Crippen LogP contribution in [-0.2, 0) is 9.53 Å². The predicted molar refractivity (Wildman–Crippen MR) is 80.2 cm³/mol. The van der Waals surface area contributed by atoms with Crippen LogP contribution in [0.3, 0.4) is 0 Å². The second-order valence-corrected chi connectivity index (χ2v) is 6.62. The summed E-state index contributed by atoms with van der Waals surface area (Å²) in [5.74, 6) is -0.975. The summed E-state index contributed by atoms with van der Waals surface area (Å²) in [6.45, 7) is 5.44. The highest BCUT2D eigenvalue weighted by atomic mass is 16.5. The number of carboxylic acids is 1. The van der Waals surface area contributed by atoms with Crippen molar-refractivity contribution in [3.63, 3.8) is 0 Å². The van der Waals surface area contributed by atoms with Gasteiger partial charge in [0.1, 0.15) is 0 Å². The molecule has 0 atom stereocenters. The van der Waals surface area contributed by atoms with E-state index in [9.17, 15) is 9.59 Å². The van der Waals surface area contributed by atoms with Crippen LogP contribution in [0.25, 0.3) is 0 Å². The smallest absolute Gasteiger partial charge is 0.315 e. The highest BCUT2D eigenvalue weighted by Crippen LogP contribution is 2.24. The van der Waals surface area contributed by atoms with Gasteiger partial charge in [-0.1, -0.05) is 13.8 Å². The van der Waals surface area contributed by atoms with Gasteiger partial charge in [-0.3, -0.25) is 4.79 Å². The summed E-state index contributed by atoms with van der Waals surface area (Å²) in [5, 5.41) is 14.8. The molecule has 2 amide bonds. The van der Waals surface area contributed by atoms with Crippen molar-refractivity contribution in [2.24, 2.45) is 11.3 Å². The Balaban J connectivity index is 2.24. The van der Waals surface area contributed by atoms with Crippen LogP contribution in [0, 0.1) is 11.3 Å². The molecule has 0 bridgehead atoms. The minimum atomic E-state index is -0.724. The first kappa shape index (κ1) is 17.8. The Kier molecular flexibility index (Phi) is 6.95. The lowest BCUT2D eigenvalue weighted by Crippen LogP contribution is -2.46. The van der Waals surface area contributed by atoms with Crippen LogP contribution in [-0.4, -0.2) is 43.4 Å². The standard InChI is InChI=1S/C15H28N2O4/c1-15(2,8-9-21-3)10-16-14(20)17-12-6-4-11(5-7-12)13(18)19/h11-12H,4-10H2,1-3H3,(H,18,19)(H2,16,17,20). The highest BCUT2D eigenvalue weighted by molar-refractivity contribution is 5.74. The van der Waals surface area contributed by atoms with E-state index in [1.807, 2.05) is 0 Å². The van der Waals surface area contributed by atoms with Crippen molar-refractivity contribution >= 4 is 12.0 Å². The Bertz CT molecular complexity index is 350. The molecule has 0 aromatic carbocycles. The van der Waals surface area contributed by atoms with Crippen molar-refractivity contribution in [1.82, 2.24) is 10.6 Å².